The quantitative estimate of drug-likeness (QED) is 0.768. The fourth-order valence-electron chi connectivity index (χ4n) is 1.04. The van der Waals surface area contributed by atoms with E-state index in [9.17, 15) is 8.42 Å². The van der Waals surface area contributed by atoms with Crippen molar-refractivity contribution in [2.24, 2.45) is 0 Å². The van der Waals surface area contributed by atoms with Crippen LogP contribution in [0.15, 0.2) is 24.5 Å². The van der Waals surface area contributed by atoms with Crippen molar-refractivity contribution in [1.29, 1.82) is 5.26 Å². The van der Waals surface area contributed by atoms with Crippen molar-refractivity contribution >= 4 is 10.0 Å². The maximum atomic E-state index is 11.1. The number of aromatic nitrogens is 1. The van der Waals surface area contributed by atoms with Crippen molar-refractivity contribution in [2.45, 2.75) is 6.42 Å². The van der Waals surface area contributed by atoms with Gasteiger partial charge in [0.2, 0.25) is 10.0 Å². The Kier molecular flexibility index (Phi) is 4.21. The molecule has 0 amide bonds. The summed E-state index contributed by atoms with van der Waals surface area (Å²) in [5.41, 5.74) is 1.00. The average Bonchev–Trinajstić information content (AvgIpc) is 2.19. The Labute approximate surface area is 88.8 Å². The van der Waals surface area contributed by atoms with Crippen LogP contribution in [-0.4, -0.2) is 25.7 Å². The van der Waals surface area contributed by atoms with Gasteiger partial charge in [0.1, 0.15) is 0 Å². The Bertz CT molecular complexity index is 436. The van der Waals surface area contributed by atoms with Crippen LogP contribution < -0.4 is 4.72 Å². The van der Waals surface area contributed by atoms with Crippen LogP contribution in [0.25, 0.3) is 0 Å². The van der Waals surface area contributed by atoms with Gasteiger partial charge in [0, 0.05) is 18.9 Å². The summed E-state index contributed by atoms with van der Waals surface area (Å²) in [5, 5.41) is 8.24. The molecule has 6 heteroatoms. The molecule has 0 saturated heterocycles. The van der Waals surface area contributed by atoms with Gasteiger partial charge >= 0.3 is 0 Å². The number of rotatable bonds is 5. The van der Waals surface area contributed by atoms with Crippen molar-refractivity contribution in [3.05, 3.63) is 30.1 Å². The minimum absolute atomic E-state index is 0.300. The second-order valence-electron chi connectivity index (χ2n) is 2.92. The van der Waals surface area contributed by atoms with Gasteiger partial charge in [-0.05, 0) is 24.1 Å². The number of hydrogen-bond donors (Lipinski definition) is 1. The third-order valence-electron chi connectivity index (χ3n) is 1.74. The van der Waals surface area contributed by atoms with Gasteiger partial charge < -0.3 is 0 Å². The number of nitrogens with one attached hydrogen (secondary N) is 1. The number of sulfonamides is 1. The zero-order valence-electron chi connectivity index (χ0n) is 8.05. The van der Waals surface area contributed by atoms with Gasteiger partial charge in [0.15, 0.2) is 5.75 Å². The monoisotopic (exact) mass is 225 g/mol. The highest BCUT2D eigenvalue weighted by molar-refractivity contribution is 7.89. The van der Waals surface area contributed by atoms with Crippen LogP contribution in [0.3, 0.4) is 0 Å². The molecule has 5 nitrogen and oxygen atoms in total. The molecule has 0 aliphatic carbocycles. The summed E-state index contributed by atoms with van der Waals surface area (Å²) in [6.45, 7) is 0.300. The first-order valence-electron chi connectivity index (χ1n) is 4.37. The molecule has 1 rings (SSSR count). The summed E-state index contributed by atoms with van der Waals surface area (Å²) >= 11 is 0. The molecular formula is C9H11N3O2S. The Morgan fingerprint density at radius 1 is 1.40 bits per heavy atom. The standard InChI is InChI=1S/C9H11N3O2S/c10-4-8-15(13,14)12-7-3-9-1-5-11-6-2-9/h1-2,5-6,12H,3,7-8H2. The van der Waals surface area contributed by atoms with Crippen LogP contribution in [0.1, 0.15) is 5.56 Å². The molecule has 0 aliphatic rings. The van der Waals surface area contributed by atoms with Crippen LogP contribution in [0.5, 0.6) is 0 Å². The Morgan fingerprint density at radius 2 is 2.07 bits per heavy atom. The fraction of sp³-hybridized carbons (Fsp3) is 0.333. The van der Waals surface area contributed by atoms with Crippen LogP contribution in [-0.2, 0) is 16.4 Å². The molecule has 0 unspecified atom stereocenters. The lowest BCUT2D eigenvalue weighted by molar-refractivity contribution is 0.585. The summed E-state index contributed by atoms with van der Waals surface area (Å²) < 4.78 is 24.5. The van der Waals surface area contributed by atoms with Gasteiger partial charge in [-0.25, -0.2) is 13.1 Å². The first kappa shape index (κ1) is 11.6. The van der Waals surface area contributed by atoms with Gasteiger partial charge in [0.05, 0.1) is 6.07 Å². The van der Waals surface area contributed by atoms with Crippen molar-refractivity contribution in [2.75, 3.05) is 12.3 Å². The first-order chi connectivity index (χ1) is 7.14. The predicted molar refractivity (Wildman–Crippen MR) is 55.3 cm³/mol. The second kappa shape index (κ2) is 5.44. The van der Waals surface area contributed by atoms with Gasteiger partial charge in [-0.1, -0.05) is 0 Å². The summed E-state index contributed by atoms with van der Waals surface area (Å²) in [5.74, 6) is -0.497. The summed E-state index contributed by atoms with van der Waals surface area (Å²) in [4.78, 5) is 3.85. The number of nitriles is 1. The molecule has 0 aliphatic heterocycles. The molecule has 0 atom stereocenters. The maximum absolute atomic E-state index is 11.1. The molecule has 0 radical (unpaired) electrons. The average molecular weight is 225 g/mol. The van der Waals surface area contributed by atoms with Crippen molar-refractivity contribution in [3.8, 4) is 6.07 Å². The third kappa shape index (κ3) is 4.54. The highest BCUT2D eigenvalue weighted by Crippen LogP contribution is 1.96. The Hall–Kier alpha value is -1.45. The Morgan fingerprint density at radius 3 is 2.67 bits per heavy atom. The van der Waals surface area contributed by atoms with Crippen molar-refractivity contribution < 1.29 is 8.42 Å². The van der Waals surface area contributed by atoms with E-state index in [1.807, 2.05) is 12.1 Å². The molecule has 80 valence electrons. The van der Waals surface area contributed by atoms with Crippen LogP contribution >= 0.6 is 0 Å². The number of pyridine rings is 1. The topological polar surface area (TPSA) is 82.8 Å². The molecule has 1 heterocycles. The second-order valence-corrected chi connectivity index (χ2v) is 4.72. The van der Waals surface area contributed by atoms with E-state index in [2.05, 4.69) is 9.71 Å². The lowest BCUT2D eigenvalue weighted by Crippen LogP contribution is -2.27. The van der Waals surface area contributed by atoms with Crippen LogP contribution in [0.2, 0.25) is 0 Å². The number of hydrogen-bond acceptors (Lipinski definition) is 4. The minimum atomic E-state index is -3.43. The third-order valence-corrected chi connectivity index (χ3v) is 2.89. The molecule has 0 aromatic carbocycles. The number of nitrogens with zero attached hydrogens (tertiary/aromatic N) is 2. The molecule has 1 aromatic rings. The van der Waals surface area contributed by atoms with Gasteiger partial charge in [-0.3, -0.25) is 4.98 Å². The van der Waals surface area contributed by atoms with Crippen LogP contribution in [0, 0.1) is 11.3 Å². The van der Waals surface area contributed by atoms with Gasteiger partial charge in [-0.15, -0.1) is 0 Å². The fourth-order valence-corrected chi connectivity index (χ4v) is 1.72. The van der Waals surface area contributed by atoms with E-state index < -0.39 is 15.8 Å². The van der Waals surface area contributed by atoms with E-state index in [0.717, 1.165) is 5.56 Å². The molecule has 1 N–H and O–H groups in total. The lowest BCUT2D eigenvalue weighted by atomic mass is 10.2. The van der Waals surface area contributed by atoms with E-state index in [-0.39, 0.29) is 0 Å². The normalized spacial score (nSPS) is 10.9. The van der Waals surface area contributed by atoms with Gasteiger partial charge in [-0.2, -0.15) is 5.26 Å². The van der Waals surface area contributed by atoms with E-state index in [1.165, 1.54) is 0 Å². The highest BCUT2D eigenvalue weighted by Gasteiger charge is 2.07. The zero-order chi connectivity index (χ0) is 11.1. The largest absolute Gasteiger partial charge is 0.265 e. The SMILES string of the molecule is N#CCS(=O)(=O)NCCc1ccncc1. The minimum Gasteiger partial charge on any atom is -0.265 e. The summed E-state index contributed by atoms with van der Waals surface area (Å²) in [6, 6.07) is 5.23. The summed E-state index contributed by atoms with van der Waals surface area (Å²) in [6.07, 6.45) is 3.89. The smallest absolute Gasteiger partial charge is 0.225 e. The highest BCUT2D eigenvalue weighted by atomic mass is 32.2. The predicted octanol–water partition coefficient (Wildman–Crippen LogP) is 0.0671. The van der Waals surface area contributed by atoms with Crippen molar-refractivity contribution in [3.63, 3.8) is 0 Å². The molecule has 0 spiro atoms. The molecule has 15 heavy (non-hydrogen) atoms. The molecule has 0 bridgehead atoms. The van der Waals surface area contributed by atoms with Crippen molar-refractivity contribution in [1.82, 2.24) is 9.71 Å². The lowest BCUT2D eigenvalue weighted by Gasteiger charge is -2.02. The molecule has 1 aromatic heterocycles. The maximum Gasteiger partial charge on any atom is 0.225 e. The van der Waals surface area contributed by atoms with Gasteiger partial charge in [0.25, 0.3) is 0 Å². The zero-order valence-corrected chi connectivity index (χ0v) is 8.87. The molecular weight excluding hydrogens is 214 g/mol. The molecule has 0 fully saturated rings. The van der Waals surface area contributed by atoms with E-state index in [4.69, 9.17) is 5.26 Å². The van der Waals surface area contributed by atoms with E-state index in [0.29, 0.717) is 13.0 Å². The first-order valence-corrected chi connectivity index (χ1v) is 6.02. The van der Waals surface area contributed by atoms with Crippen LogP contribution in [0.4, 0.5) is 0 Å². The van der Waals surface area contributed by atoms with E-state index >= 15 is 0 Å². The van der Waals surface area contributed by atoms with E-state index in [1.54, 1.807) is 18.5 Å². The molecule has 0 saturated carbocycles. The Balaban J connectivity index is 2.38. The summed E-state index contributed by atoms with van der Waals surface area (Å²) in [7, 11) is -3.43.